The van der Waals surface area contributed by atoms with Crippen molar-refractivity contribution in [2.24, 2.45) is 5.92 Å². The molecule has 0 radical (unpaired) electrons. The fourth-order valence-corrected chi connectivity index (χ4v) is 1.37. The van der Waals surface area contributed by atoms with Crippen molar-refractivity contribution in [3.05, 3.63) is 66.0 Å². The van der Waals surface area contributed by atoms with Gasteiger partial charge in [0.05, 0.1) is 0 Å². The minimum Gasteiger partial charge on any atom is -0.265 e. The van der Waals surface area contributed by atoms with E-state index in [2.05, 4.69) is 77.7 Å². The van der Waals surface area contributed by atoms with E-state index in [-0.39, 0.29) is 5.41 Å². The van der Waals surface area contributed by atoms with Crippen LogP contribution in [-0.4, -0.2) is 4.98 Å². The summed E-state index contributed by atoms with van der Waals surface area (Å²) in [4.78, 5) is 3.78. The quantitative estimate of drug-likeness (QED) is 0.575. The normalized spacial score (nSPS) is 10.1. The molecule has 1 nitrogen and oxygen atoms in total. The highest BCUT2D eigenvalue weighted by Gasteiger charge is 2.11. The van der Waals surface area contributed by atoms with E-state index in [4.69, 9.17) is 0 Å². The van der Waals surface area contributed by atoms with E-state index in [0.29, 0.717) is 0 Å². The average Bonchev–Trinajstić information content (AvgIpc) is 2.40. The molecule has 0 saturated carbocycles. The Kier molecular flexibility index (Phi) is 9.36. The van der Waals surface area contributed by atoms with Crippen molar-refractivity contribution < 1.29 is 0 Å². The fourth-order valence-electron chi connectivity index (χ4n) is 1.37. The van der Waals surface area contributed by atoms with E-state index in [9.17, 15) is 0 Å². The monoisotopic (exact) mass is 285 g/mol. The molecule has 0 unspecified atom stereocenters. The van der Waals surface area contributed by atoms with Gasteiger partial charge in [0.1, 0.15) is 0 Å². The molecule has 1 aromatic carbocycles. The third-order valence-corrected chi connectivity index (χ3v) is 2.48. The van der Waals surface area contributed by atoms with Gasteiger partial charge in [0.2, 0.25) is 0 Å². The van der Waals surface area contributed by atoms with Gasteiger partial charge in [0.25, 0.3) is 0 Å². The van der Waals surface area contributed by atoms with Crippen molar-refractivity contribution in [2.45, 2.75) is 53.9 Å². The number of hydrogen-bond donors (Lipinski definition) is 0. The molecule has 0 atom stereocenters. The van der Waals surface area contributed by atoms with Crippen molar-refractivity contribution in [1.29, 1.82) is 0 Å². The van der Waals surface area contributed by atoms with Gasteiger partial charge >= 0.3 is 0 Å². The second-order valence-electron chi connectivity index (χ2n) is 6.87. The van der Waals surface area contributed by atoms with Crippen LogP contribution in [-0.2, 0) is 5.41 Å². The van der Waals surface area contributed by atoms with Crippen LogP contribution < -0.4 is 0 Å². The number of nitrogens with zero attached hydrogens (tertiary/aromatic N) is 1. The summed E-state index contributed by atoms with van der Waals surface area (Å²) in [6.07, 6.45) is 3.50. The van der Waals surface area contributed by atoms with Crippen molar-refractivity contribution in [1.82, 2.24) is 4.98 Å². The molecule has 0 aliphatic rings. The van der Waals surface area contributed by atoms with Crippen molar-refractivity contribution in [3.63, 3.8) is 0 Å². The summed E-state index contributed by atoms with van der Waals surface area (Å²) in [5, 5.41) is 0. The van der Waals surface area contributed by atoms with Crippen LogP contribution in [0.5, 0.6) is 0 Å². The lowest BCUT2D eigenvalue weighted by molar-refractivity contribution is 0.590. The Morgan fingerprint density at radius 2 is 1.24 bits per heavy atom. The van der Waals surface area contributed by atoms with Crippen LogP contribution in [0.2, 0.25) is 0 Å². The molecular formula is C20H31N. The van der Waals surface area contributed by atoms with Crippen molar-refractivity contribution in [3.8, 4) is 0 Å². The Morgan fingerprint density at radius 3 is 1.48 bits per heavy atom. The predicted octanol–water partition coefficient (Wildman–Crippen LogP) is 6.04. The van der Waals surface area contributed by atoms with Crippen molar-refractivity contribution in [2.75, 3.05) is 0 Å². The highest BCUT2D eigenvalue weighted by molar-refractivity contribution is 5.26. The first kappa shape index (κ1) is 19.4. The lowest BCUT2D eigenvalue weighted by Crippen LogP contribution is -2.10. The number of benzene rings is 1. The SMILES string of the molecule is CC(C)C.Cc1ccc(C(C)(C)C)cc1.c1ccncc1. The standard InChI is InChI=1S/C11H16.C5H5N.C4H10/c1-9-5-7-10(8-6-9)11(2,3)4;1-2-4-6-5-3-1;1-4(2)3/h5-8H,1-4H3;1-5H;4H,1-3H3. The zero-order valence-corrected chi connectivity index (χ0v) is 14.7. The molecule has 0 bridgehead atoms. The number of hydrogen-bond acceptors (Lipinski definition) is 1. The van der Waals surface area contributed by atoms with E-state index in [1.54, 1.807) is 12.4 Å². The molecule has 0 aliphatic carbocycles. The molecule has 0 N–H and O–H groups in total. The van der Waals surface area contributed by atoms with E-state index in [1.165, 1.54) is 11.1 Å². The van der Waals surface area contributed by atoms with Crippen LogP contribution in [0.4, 0.5) is 0 Å². The Bertz CT molecular complexity index is 420. The molecule has 0 aliphatic heterocycles. The zero-order valence-electron chi connectivity index (χ0n) is 14.7. The molecule has 0 spiro atoms. The first-order chi connectivity index (χ1) is 9.73. The molecule has 1 heteroatoms. The van der Waals surface area contributed by atoms with Gasteiger partial charge in [-0.05, 0) is 36.0 Å². The van der Waals surface area contributed by atoms with E-state index in [1.807, 2.05) is 18.2 Å². The van der Waals surface area contributed by atoms with Crippen LogP contribution in [0.15, 0.2) is 54.9 Å². The predicted molar refractivity (Wildman–Crippen MR) is 94.6 cm³/mol. The minimum atomic E-state index is 0.285. The Hall–Kier alpha value is -1.63. The summed E-state index contributed by atoms with van der Waals surface area (Å²) in [5.74, 6) is 0.833. The number of aryl methyl sites for hydroxylation is 1. The summed E-state index contributed by atoms with van der Waals surface area (Å²) in [6, 6.07) is 14.5. The smallest absolute Gasteiger partial charge is 0.0267 e. The summed E-state index contributed by atoms with van der Waals surface area (Å²) in [5.41, 5.74) is 3.02. The van der Waals surface area contributed by atoms with Crippen LogP contribution in [0.3, 0.4) is 0 Å². The van der Waals surface area contributed by atoms with Gasteiger partial charge in [-0.2, -0.15) is 0 Å². The van der Waals surface area contributed by atoms with E-state index >= 15 is 0 Å². The summed E-state index contributed by atoms with van der Waals surface area (Å²) >= 11 is 0. The molecule has 1 heterocycles. The van der Waals surface area contributed by atoms with Crippen LogP contribution in [0.25, 0.3) is 0 Å². The summed E-state index contributed by atoms with van der Waals surface area (Å²) in [7, 11) is 0. The molecule has 2 aromatic rings. The fraction of sp³-hybridized carbons (Fsp3) is 0.450. The Balaban J connectivity index is 0.000000335. The van der Waals surface area contributed by atoms with Crippen molar-refractivity contribution >= 4 is 0 Å². The molecule has 0 saturated heterocycles. The topological polar surface area (TPSA) is 12.9 Å². The number of aromatic nitrogens is 1. The van der Waals surface area contributed by atoms with Crippen LogP contribution in [0.1, 0.15) is 52.7 Å². The van der Waals surface area contributed by atoms with Crippen LogP contribution in [0, 0.1) is 12.8 Å². The molecule has 0 fully saturated rings. The molecule has 0 amide bonds. The van der Waals surface area contributed by atoms with E-state index < -0.39 is 0 Å². The van der Waals surface area contributed by atoms with Gasteiger partial charge in [-0.15, -0.1) is 0 Å². The van der Waals surface area contributed by atoms with Gasteiger partial charge in [0, 0.05) is 12.4 Å². The van der Waals surface area contributed by atoms with Gasteiger partial charge in [-0.25, -0.2) is 0 Å². The molecule has 2 rings (SSSR count). The highest BCUT2D eigenvalue weighted by atomic mass is 14.6. The maximum atomic E-state index is 3.78. The molecule has 116 valence electrons. The van der Waals surface area contributed by atoms with Gasteiger partial charge in [0.15, 0.2) is 0 Å². The lowest BCUT2D eigenvalue weighted by atomic mass is 9.87. The first-order valence-electron chi connectivity index (χ1n) is 7.65. The first-order valence-corrected chi connectivity index (χ1v) is 7.65. The highest BCUT2D eigenvalue weighted by Crippen LogP contribution is 2.21. The second kappa shape index (κ2) is 10.1. The van der Waals surface area contributed by atoms with Gasteiger partial charge in [-0.1, -0.05) is 77.4 Å². The molecular weight excluding hydrogens is 254 g/mol. The lowest BCUT2D eigenvalue weighted by Gasteiger charge is -2.18. The molecule has 21 heavy (non-hydrogen) atoms. The largest absolute Gasteiger partial charge is 0.265 e. The number of pyridine rings is 1. The summed E-state index contributed by atoms with van der Waals surface area (Å²) < 4.78 is 0. The molecule has 1 aromatic heterocycles. The van der Waals surface area contributed by atoms with Gasteiger partial charge < -0.3 is 0 Å². The number of rotatable bonds is 0. The maximum Gasteiger partial charge on any atom is 0.0267 e. The van der Waals surface area contributed by atoms with E-state index in [0.717, 1.165) is 5.92 Å². The van der Waals surface area contributed by atoms with Crippen LogP contribution >= 0.6 is 0 Å². The third-order valence-electron chi connectivity index (χ3n) is 2.48. The zero-order chi connectivity index (χ0) is 16.3. The average molecular weight is 285 g/mol. The maximum absolute atomic E-state index is 3.78. The summed E-state index contributed by atoms with van der Waals surface area (Å²) in [6.45, 7) is 15.3. The minimum absolute atomic E-state index is 0.285. The Morgan fingerprint density at radius 1 is 0.810 bits per heavy atom. The van der Waals surface area contributed by atoms with Gasteiger partial charge in [-0.3, -0.25) is 4.98 Å². The third kappa shape index (κ3) is 11.9. The Labute approximate surface area is 131 Å². The second-order valence-corrected chi connectivity index (χ2v) is 6.87.